The van der Waals surface area contributed by atoms with Crippen molar-refractivity contribution in [1.29, 1.82) is 0 Å². The number of aliphatic hydroxyl groups excluding tert-OH is 1. The molecule has 116 valence electrons. The molecular formula is C16H19N3O3. The van der Waals surface area contributed by atoms with Crippen molar-refractivity contribution in [3.8, 4) is 0 Å². The number of rotatable bonds is 3. The molecule has 0 radical (unpaired) electrons. The molecule has 1 fully saturated rings. The van der Waals surface area contributed by atoms with Gasteiger partial charge in [-0.1, -0.05) is 11.2 Å². The lowest BCUT2D eigenvalue weighted by Crippen LogP contribution is -2.40. The van der Waals surface area contributed by atoms with Crippen molar-refractivity contribution in [3.63, 3.8) is 0 Å². The molecule has 0 aromatic carbocycles. The van der Waals surface area contributed by atoms with Crippen LogP contribution in [0.4, 0.5) is 0 Å². The molecule has 1 aliphatic heterocycles. The summed E-state index contributed by atoms with van der Waals surface area (Å²) in [7, 11) is 0. The largest absolute Gasteiger partial charge is 0.387 e. The lowest BCUT2D eigenvalue weighted by Gasteiger charge is -2.33. The number of carbonyl (C=O) groups excluding carboxylic acids is 1. The van der Waals surface area contributed by atoms with Gasteiger partial charge < -0.3 is 14.5 Å². The van der Waals surface area contributed by atoms with E-state index in [0.29, 0.717) is 30.1 Å². The average Bonchev–Trinajstić information content (AvgIpc) is 3.00. The number of aliphatic hydroxyl groups is 1. The van der Waals surface area contributed by atoms with Crippen LogP contribution in [0.15, 0.2) is 35.1 Å². The predicted octanol–water partition coefficient (Wildman–Crippen LogP) is 1.96. The van der Waals surface area contributed by atoms with E-state index in [9.17, 15) is 9.90 Å². The topological polar surface area (TPSA) is 79.5 Å². The van der Waals surface area contributed by atoms with Gasteiger partial charge in [-0.3, -0.25) is 9.78 Å². The molecular weight excluding hydrogens is 282 g/mol. The number of piperidine rings is 1. The quantitative estimate of drug-likeness (QED) is 0.937. The highest BCUT2D eigenvalue weighted by Gasteiger charge is 2.30. The van der Waals surface area contributed by atoms with Gasteiger partial charge in [-0.2, -0.15) is 0 Å². The third-order valence-electron chi connectivity index (χ3n) is 4.25. The molecule has 0 bridgehead atoms. The van der Waals surface area contributed by atoms with Crippen molar-refractivity contribution in [1.82, 2.24) is 15.0 Å². The Bertz CT molecular complexity index is 633. The second kappa shape index (κ2) is 6.27. The molecule has 1 N–H and O–H groups in total. The minimum absolute atomic E-state index is 0.0514. The molecule has 1 saturated heterocycles. The highest BCUT2D eigenvalue weighted by atomic mass is 16.5. The molecule has 1 amide bonds. The third-order valence-corrected chi connectivity index (χ3v) is 4.25. The standard InChI is InChI=1S/C16H19N3O3/c1-11-13(10-18-22-11)16(21)19-8-5-12(6-9-19)15(20)14-4-2-3-7-17-14/h2-4,7,10,12,15,20H,5-6,8-9H2,1H3/t15-/m0/s1. The fourth-order valence-electron chi connectivity index (χ4n) is 2.89. The number of aryl methyl sites for hydroxylation is 1. The molecule has 6 nitrogen and oxygen atoms in total. The molecule has 2 aromatic heterocycles. The Morgan fingerprint density at radius 2 is 2.18 bits per heavy atom. The summed E-state index contributed by atoms with van der Waals surface area (Å²) in [5.41, 5.74) is 1.21. The van der Waals surface area contributed by atoms with Gasteiger partial charge in [-0.25, -0.2) is 0 Å². The van der Waals surface area contributed by atoms with E-state index in [1.807, 2.05) is 18.2 Å². The Morgan fingerprint density at radius 3 is 2.77 bits per heavy atom. The van der Waals surface area contributed by atoms with E-state index in [2.05, 4.69) is 10.1 Å². The lowest BCUT2D eigenvalue weighted by atomic mass is 9.89. The van der Waals surface area contributed by atoms with E-state index in [1.165, 1.54) is 6.20 Å². The second-order valence-corrected chi connectivity index (χ2v) is 5.62. The van der Waals surface area contributed by atoms with Gasteiger partial charge in [0.1, 0.15) is 11.3 Å². The summed E-state index contributed by atoms with van der Waals surface area (Å²) in [6.07, 6.45) is 4.09. The zero-order valence-electron chi connectivity index (χ0n) is 12.5. The zero-order chi connectivity index (χ0) is 15.5. The minimum atomic E-state index is -0.573. The Kier molecular flexibility index (Phi) is 4.20. The monoisotopic (exact) mass is 301 g/mol. The fourth-order valence-corrected chi connectivity index (χ4v) is 2.89. The zero-order valence-corrected chi connectivity index (χ0v) is 12.5. The van der Waals surface area contributed by atoms with E-state index in [-0.39, 0.29) is 11.8 Å². The number of pyridine rings is 1. The number of hydrogen-bond donors (Lipinski definition) is 1. The molecule has 0 saturated carbocycles. The van der Waals surface area contributed by atoms with E-state index in [4.69, 9.17) is 4.52 Å². The summed E-state index contributed by atoms with van der Waals surface area (Å²) in [5.74, 6) is 0.618. The van der Waals surface area contributed by atoms with E-state index in [0.717, 1.165) is 12.8 Å². The first-order chi connectivity index (χ1) is 10.7. The van der Waals surface area contributed by atoms with Gasteiger partial charge in [0, 0.05) is 19.3 Å². The molecule has 22 heavy (non-hydrogen) atoms. The van der Waals surface area contributed by atoms with Crippen LogP contribution in [0.5, 0.6) is 0 Å². The maximum atomic E-state index is 12.4. The number of likely N-dealkylation sites (tertiary alicyclic amines) is 1. The summed E-state index contributed by atoms with van der Waals surface area (Å²) in [6.45, 7) is 2.98. The fraction of sp³-hybridized carbons (Fsp3) is 0.438. The van der Waals surface area contributed by atoms with Crippen LogP contribution in [0.1, 0.15) is 40.8 Å². The van der Waals surface area contributed by atoms with Crippen LogP contribution in [-0.4, -0.2) is 39.1 Å². The van der Waals surface area contributed by atoms with Crippen LogP contribution in [0.2, 0.25) is 0 Å². The Balaban J connectivity index is 1.61. The van der Waals surface area contributed by atoms with E-state index in [1.54, 1.807) is 18.0 Å². The van der Waals surface area contributed by atoms with Crippen LogP contribution in [0, 0.1) is 12.8 Å². The smallest absolute Gasteiger partial charge is 0.259 e. The molecule has 1 aliphatic rings. The normalized spacial score (nSPS) is 17.5. The van der Waals surface area contributed by atoms with Crippen LogP contribution >= 0.6 is 0 Å². The van der Waals surface area contributed by atoms with Gasteiger partial charge >= 0.3 is 0 Å². The number of nitrogens with zero attached hydrogens (tertiary/aromatic N) is 3. The van der Waals surface area contributed by atoms with Gasteiger partial charge in [-0.15, -0.1) is 0 Å². The molecule has 0 spiro atoms. The van der Waals surface area contributed by atoms with Crippen molar-refractivity contribution in [2.75, 3.05) is 13.1 Å². The van der Waals surface area contributed by atoms with Crippen molar-refractivity contribution in [2.24, 2.45) is 5.92 Å². The summed E-state index contributed by atoms with van der Waals surface area (Å²) >= 11 is 0. The lowest BCUT2D eigenvalue weighted by molar-refractivity contribution is 0.0446. The number of amides is 1. The molecule has 1 atom stereocenters. The van der Waals surface area contributed by atoms with Crippen molar-refractivity contribution >= 4 is 5.91 Å². The molecule has 3 rings (SSSR count). The first-order valence-electron chi connectivity index (χ1n) is 7.46. The number of carbonyl (C=O) groups is 1. The molecule has 0 aliphatic carbocycles. The summed E-state index contributed by atoms with van der Waals surface area (Å²) in [4.78, 5) is 18.4. The van der Waals surface area contributed by atoms with Gasteiger partial charge in [0.2, 0.25) is 0 Å². The maximum absolute atomic E-state index is 12.4. The molecule has 6 heteroatoms. The second-order valence-electron chi connectivity index (χ2n) is 5.62. The van der Waals surface area contributed by atoms with Gasteiger partial charge in [0.15, 0.2) is 0 Å². The average molecular weight is 301 g/mol. The minimum Gasteiger partial charge on any atom is -0.387 e. The number of aromatic nitrogens is 2. The summed E-state index contributed by atoms with van der Waals surface area (Å²) in [6, 6.07) is 5.54. The van der Waals surface area contributed by atoms with Crippen LogP contribution < -0.4 is 0 Å². The van der Waals surface area contributed by atoms with E-state index < -0.39 is 6.10 Å². The Morgan fingerprint density at radius 1 is 1.41 bits per heavy atom. The maximum Gasteiger partial charge on any atom is 0.259 e. The van der Waals surface area contributed by atoms with Gasteiger partial charge in [0.25, 0.3) is 5.91 Å². The first kappa shape index (κ1) is 14.7. The SMILES string of the molecule is Cc1oncc1C(=O)N1CCC([C@H](O)c2ccccn2)CC1. The molecule has 2 aromatic rings. The highest BCUT2D eigenvalue weighted by molar-refractivity contribution is 5.94. The molecule has 3 heterocycles. The third kappa shape index (κ3) is 2.87. The van der Waals surface area contributed by atoms with Crippen LogP contribution in [-0.2, 0) is 0 Å². The van der Waals surface area contributed by atoms with Crippen molar-refractivity contribution in [3.05, 3.63) is 47.6 Å². The van der Waals surface area contributed by atoms with Crippen LogP contribution in [0.25, 0.3) is 0 Å². The Hall–Kier alpha value is -2.21. The Labute approximate surface area is 128 Å². The predicted molar refractivity (Wildman–Crippen MR) is 79.1 cm³/mol. The van der Waals surface area contributed by atoms with Gasteiger partial charge in [0.05, 0.1) is 18.0 Å². The van der Waals surface area contributed by atoms with Gasteiger partial charge in [-0.05, 0) is 37.8 Å². The number of hydrogen-bond acceptors (Lipinski definition) is 5. The molecule has 0 unspecified atom stereocenters. The highest BCUT2D eigenvalue weighted by Crippen LogP contribution is 2.30. The van der Waals surface area contributed by atoms with Crippen molar-refractivity contribution < 1.29 is 14.4 Å². The first-order valence-corrected chi connectivity index (χ1v) is 7.46. The van der Waals surface area contributed by atoms with E-state index >= 15 is 0 Å². The summed E-state index contributed by atoms with van der Waals surface area (Å²) < 4.78 is 4.95. The summed E-state index contributed by atoms with van der Waals surface area (Å²) in [5, 5.41) is 14.1. The van der Waals surface area contributed by atoms with Crippen molar-refractivity contribution in [2.45, 2.75) is 25.9 Å². The van der Waals surface area contributed by atoms with Crippen LogP contribution in [0.3, 0.4) is 0 Å².